The second-order valence-corrected chi connectivity index (χ2v) is 6.43. The third kappa shape index (κ3) is 3.10. The van der Waals surface area contributed by atoms with Gasteiger partial charge in [0.05, 0.1) is 23.4 Å². The van der Waals surface area contributed by atoms with Crippen LogP contribution in [0.4, 0.5) is 0 Å². The molecule has 2 aromatic rings. The third-order valence-corrected chi connectivity index (χ3v) is 4.72. The molecule has 1 atom stereocenters. The number of thiazole rings is 1. The average Bonchev–Trinajstić information content (AvgIpc) is 3.02. The van der Waals surface area contributed by atoms with E-state index in [2.05, 4.69) is 45.0 Å². The van der Waals surface area contributed by atoms with E-state index in [9.17, 15) is 0 Å². The minimum atomic E-state index is 0.587. The normalized spacial score (nSPS) is 20.4. The highest BCUT2D eigenvalue weighted by atomic mass is 32.1. The van der Waals surface area contributed by atoms with Crippen molar-refractivity contribution < 1.29 is 0 Å². The van der Waals surface area contributed by atoms with Crippen LogP contribution in [0.3, 0.4) is 0 Å². The Labute approximate surface area is 124 Å². The summed E-state index contributed by atoms with van der Waals surface area (Å²) in [5.74, 6) is 0. The molecule has 5 heteroatoms. The molecule has 4 nitrogen and oxygen atoms in total. The molecule has 0 bridgehead atoms. The maximum atomic E-state index is 4.61. The van der Waals surface area contributed by atoms with Gasteiger partial charge in [-0.25, -0.2) is 4.98 Å². The molecule has 108 valence electrons. The summed E-state index contributed by atoms with van der Waals surface area (Å²) in [7, 11) is 0. The molecule has 1 unspecified atom stereocenters. The van der Waals surface area contributed by atoms with Crippen LogP contribution in [0.25, 0.3) is 0 Å². The molecule has 20 heavy (non-hydrogen) atoms. The van der Waals surface area contributed by atoms with Crippen LogP contribution in [-0.2, 0) is 13.1 Å². The van der Waals surface area contributed by atoms with Crippen LogP contribution in [0.5, 0.6) is 0 Å². The molecule has 1 fully saturated rings. The lowest BCUT2D eigenvalue weighted by Gasteiger charge is -2.35. The van der Waals surface area contributed by atoms with Crippen LogP contribution < -0.4 is 0 Å². The van der Waals surface area contributed by atoms with Gasteiger partial charge >= 0.3 is 0 Å². The molecule has 3 heterocycles. The number of aryl methyl sites for hydroxylation is 2. The summed E-state index contributed by atoms with van der Waals surface area (Å²) in [6.45, 7) is 7.38. The van der Waals surface area contributed by atoms with Crippen LogP contribution in [0.1, 0.15) is 36.3 Å². The van der Waals surface area contributed by atoms with Crippen molar-refractivity contribution in [2.75, 3.05) is 6.54 Å². The summed E-state index contributed by atoms with van der Waals surface area (Å²) in [6.07, 6.45) is 3.90. The van der Waals surface area contributed by atoms with Gasteiger partial charge in [-0.15, -0.1) is 11.3 Å². The summed E-state index contributed by atoms with van der Waals surface area (Å²) >= 11 is 1.68. The number of hydrogen-bond acceptors (Lipinski definition) is 4. The number of likely N-dealkylation sites (tertiary alicyclic amines) is 1. The molecule has 1 aliphatic heterocycles. The van der Waals surface area contributed by atoms with Crippen LogP contribution in [0, 0.1) is 13.8 Å². The van der Waals surface area contributed by atoms with Crippen molar-refractivity contribution in [2.45, 2.75) is 52.2 Å². The summed E-state index contributed by atoms with van der Waals surface area (Å²) in [4.78, 5) is 7.01. The van der Waals surface area contributed by atoms with Crippen molar-refractivity contribution in [3.63, 3.8) is 0 Å². The maximum absolute atomic E-state index is 4.61. The lowest BCUT2D eigenvalue weighted by molar-refractivity contribution is 0.120. The number of hydrogen-bond donors (Lipinski definition) is 0. The summed E-state index contributed by atoms with van der Waals surface area (Å²) in [5, 5.41) is 6.77. The molecule has 0 radical (unpaired) electrons. The Morgan fingerprint density at radius 1 is 1.35 bits per heavy atom. The fraction of sp³-hybridized carbons (Fsp3) is 0.600. The predicted octanol–water partition coefficient (Wildman–Crippen LogP) is 3.01. The van der Waals surface area contributed by atoms with E-state index in [4.69, 9.17) is 0 Å². The Hall–Kier alpha value is -1.20. The quantitative estimate of drug-likeness (QED) is 0.868. The number of piperidine rings is 1. The molecule has 1 aliphatic rings. The van der Waals surface area contributed by atoms with E-state index in [1.54, 1.807) is 11.3 Å². The molecule has 0 spiro atoms. The fourth-order valence-corrected chi connectivity index (χ4v) is 3.61. The zero-order chi connectivity index (χ0) is 13.9. The van der Waals surface area contributed by atoms with Crippen molar-refractivity contribution in [3.8, 4) is 0 Å². The smallest absolute Gasteiger partial charge is 0.0795 e. The molecule has 1 saturated heterocycles. The average molecular weight is 290 g/mol. The molecular formula is C15H22N4S. The first-order valence-corrected chi connectivity index (χ1v) is 8.29. The molecule has 3 rings (SSSR count). The molecule has 0 aromatic carbocycles. The van der Waals surface area contributed by atoms with Gasteiger partial charge < -0.3 is 0 Å². The first-order chi connectivity index (χ1) is 9.72. The third-order valence-electron chi connectivity index (χ3n) is 4.08. The van der Waals surface area contributed by atoms with Gasteiger partial charge in [0.15, 0.2) is 0 Å². The largest absolute Gasteiger partial charge is 0.293 e. The maximum Gasteiger partial charge on any atom is 0.0795 e. The van der Waals surface area contributed by atoms with Crippen LogP contribution in [0.2, 0.25) is 0 Å². The first-order valence-electron chi connectivity index (χ1n) is 7.34. The van der Waals surface area contributed by atoms with Gasteiger partial charge in [-0.1, -0.05) is 6.42 Å². The Kier molecular flexibility index (Phi) is 4.17. The van der Waals surface area contributed by atoms with Gasteiger partial charge in [0.1, 0.15) is 0 Å². The zero-order valence-corrected chi connectivity index (χ0v) is 13.1. The number of aromatic nitrogens is 3. The van der Waals surface area contributed by atoms with Crippen molar-refractivity contribution in [2.24, 2.45) is 0 Å². The Morgan fingerprint density at radius 3 is 2.95 bits per heavy atom. The van der Waals surface area contributed by atoms with Gasteiger partial charge in [0.25, 0.3) is 0 Å². The van der Waals surface area contributed by atoms with Crippen molar-refractivity contribution in [1.82, 2.24) is 19.7 Å². The highest BCUT2D eigenvalue weighted by molar-refractivity contribution is 7.07. The minimum Gasteiger partial charge on any atom is -0.293 e. The summed E-state index contributed by atoms with van der Waals surface area (Å²) in [5.41, 5.74) is 5.51. The lowest BCUT2D eigenvalue weighted by Crippen LogP contribution is -2.42. The second kappa shape index (κ2) is 6.06. The SMILES string of the molecule is Cc1cc(C)n(CC2CCCCN2Cc2cscn2)n1. The van der Waals surface area contributed by atoms with E-state index in [-0.39, 0.29) is 0 Å². The standard InChI is InChI=1S/C15H22N4S/c1-12-7-13(2)19(17-12)9-15-5-3-4-6-18(15)8-14-10-20-11-16-14/h7,10-11,15H,3-6,8-9H2,1-2H3. The van der Waals surface area contributed by atoms with E-state index >= 15 is 0 Å². The molecule has 0 saturated carbocycles. The zero-order valence-electron chi connectivity index (χ0n) is 12.2. The Bertz CT molecular complexity index is 546. The second-order valence-electron chi connectivity index (χ2n) is 5.71. The van der Waals surface area contributed by atoms with Crippen molar-refractivity contribution >= 4 is 11.3 Å². The lowest BCUT2D eigenvalue weighted by atomic mass is 10.0. The number of rotatable bonds is 4. The minimum absolute atomic E-state index is 0.587. The summed E-state index contributed by atoms with van der Waals surface area (Å²) < 4.78 is 2.17. The molecule has 0 N–H and O–H groups in total. The Morgan fingerprint density at radius 2 is 2.25 bits per heavy atom. The predicted molar refractivity (Wildman–Crippen MR) is 81.9 cm³/mol. The summed E-state index contributed by atoms with van der Waals surface area (Å²) in [6, 6.07) is 2.75. The van der Waals surface area contributed by atoms with E-state index in [0.29, 0.717) is 6.04 Å². The van der Waals surface area contributed by atoms with Gasteiger partial charge in [0, 0.05) is 23.7 Å². The first kappa shape index (κ1) is 13.8. The molecule has 0 aliphatic carbocycles. The van der Waals surface area contributed by atoms with E-state index in [0.717, 1.165) is 18.8 Å². The van der Waals surface area contributed by atoms with Crippen molar-refractivity contribution in [3.05, 3.63) is 34.0 Å². The van der Waals surface area contributed by atoms with E-state index < -0.39 is 0 Å². The number of nitrogens with zero attached hydrogens (tertiary/aromatic N) is 4. The van der Waals surface area contributed by atoms with Crippen molar-refractivity contribution in [1.29, 1.82) is 0 Å². The molecule has 0 amide bonds. The Balaban J connectivity index is 1.70. The van der Waals surface area contributed by atoms with Gasteiger partial charge in [-0.3, -0.25) is 9.58 Å². The van der Waals surface area contributed by atoms with E-state index in [1.807, 2.05) is 5.51 Å². The van der Waals surface area contributed by atoms with Crippen LogP contribution in [-0.4, -0.2) is 32.3 Å². The fourth-order valence-electron chi connectivity index (χ4n) is 3.06. The highest BCUT2D eigenvalue weighted by Crippen LogP contribution is 2.21. The topological polar surface area (TPSA) is 34.0 Å². The molecule has 2 aromatic heterocycles. The highest BCUT2D eigenvalue weighted by Gasteiger charge is 2.24. The molecular weight excluding hydrogens is 268 g/mol. The van der Waals surface area contributed by atoms with Gasteiger partial charge in [-0.2, -0.15) is 5.10 Å². The van der Waals surface area contributed by atoms with Crippen LogP contribution >= 0.6 is 11.3 Å². The monoisotopic (exact) mass is 290 g/mol. The van der Waals surface area contributed by atoms with Gasteiger partial charge in [-0.05, 0) is 39.3 Å². The van der Waals surface area contributed by atoms with Gasteiger partial charge in [0.2, 0.25) is 0 Å². The van der Waals surface area contributed by atoms with E-state index in [1.165, 1.54) is 37.2 Å². The van der Waals surface area contributed by atoms with Crippen LogP contribution in [0.15, 0.2) is 17.0 Å².